The predicted octanol–water partition coefficient (Wildman–Crippen LogP) is 3.13. The van der Waals surface area contributed by atoms with E-state index in [-0.39, 0.29) is 35.4 Å². The fourth-order valence-electron chi connectivity index (χ4n) is 2.45. The minimum atomic E-state index is 0.0369. The Morgan fingerprint density at radius 3 is 1.90 bits per heavy atom. The number of Topliss-reactive ketones (excluding diaryl/α,β-unsaturated/α-hetero) is 2. The summed E-state index contributed by atoms with van der Waals surface area (Å²) in [5, 5.41) is 16.8. The summed E-state index contributed by atoms with van der Waals surface area (Å²) in [6.45, 7) is 7.61. The zero-order valence-electron chi connectivity index (χ0n) is 13.3. The highest BCUT2D eigenvalue weighted by atomic mass is 16.1. The molecule has 0 amide bonds. The normalized spacial score (nSPS) is 29.0. The molecule has 0 aromatic rings. The quantitative estimate of drug-likeness (QED) is 0.778. The van der Waals surface area contributed by atoms with Crippen molar-refractivity contribution >= 4 is 11.6 Å². The summed E-state index contributed by atoms with van der Waals surface area (Å²) in [4.78, 5) is 22.4. The lowest BCUT2D eigenvalue weighted by Crippen LogP contribution is -2.10. The third-order valence-electron chi connectivity index (χ3n) is 4.10. The van der Waals surface area contributed by atoms with Crippen LogP contribution in [0.1, 0.15) is 47.0 Å². The van der Waals surface area contributed by atoms with Gasteiger partial charge < -0.3 is 0 Å². The number of carbonyl (C=O) groups excluding carboxylic acids is 2. The number of hydrogen-bond acceptors (Lipinski definition) is 4. The predicted molar refractivity (Wildman–Crippen MR) is 78.7 cm³/mol. The van der Waals surface area contributed by atoms with Crippen LogP contribution in [-0.4, -0.2) is 11.6 Å². The Labute approximate surface area is 127 Å². The third kappa shape index (κ3) is 4.97. The van der Waals surface area contributed by atoms with Gasteiger partial charge in [0.2, 0.25) is 0 Å². The van der Waals surface area contributed by atoms with Crippen LogP contribution in [0.15, 0.2) is 0 Å². The van der Waals surface area contributed by atoms with Gasteiger partial charge in [0.1, 0.15) is 11.6 Å². The molecule has 4 atom stereocenters. The maximum absolute atomic E-state index is 11.3. The molecule has 0 heterocycles. The van der Waals surface area contributed by atoms with E-state index in [9.17, 15) is 9.59 Å². The minimum Gasteiger partial charge on any atom is -0.299 e. The molecule has 0 aliphatic heterocycles. The zero-order valence-corrected chi connectivity index (χ0v) is 13.3. The Kier molecular flexibility index (Phi) is 6.09. The van der Waals surface area contributed by atoms with Crippen molar-refractivity contribution in [1.82, 2.24) is 0 Å². The van der Waals surface area contributed by atoms with Gasteiger partial charge in [0.15, 0.2) is 0 Å². The summed E-state index contributed by atoms with van der Waals surface area (Å²) in [6.07, 6.45) is 2.31. The van der Waals surface area contributed by atoms with Gasteiger partial charge in [-0.15, -0.1) is 0 Å². The van der Waals surface area contributed by atoms with E-state index < -0.39 is 0 Å². The Morgan fingerprint density at radius 2 is 1.52 bits per heavy atom. The molecule has 0 aromatic carbocycles. The van der Waals surface area contributed by atoms with E-state index in [0.717, 1.165) is 12.8 Å². The average Bonchev–Trinajstić information content (AvgIpc) is 3.32. The van der Waals surface area contributed by atoms with E-state index in [2.05, 4.69) is 12.1 Å². The van der Waals surface area contributed by atoms with Gasteiger partial charge in [0, 0.05) is 30.1 Å². The monoisotopic (exact) mass is 288 g/mol. The molecule has 0 saturated heterocycles. The number of hydrogen-bond donors (Lipinski definition) is 0. The van der Waals surface area contributed by atoms with Gasteiger partial charge in [0.25, 0.3) is 0 Å². The molecule has 2 rings (SSSR count). The Bertz CT molecular complexity index is 482. The first-order chi connectivity index (χ1) is 9.83. The molecule has 0 N–H and O–H groups in total. The number of nitrogens with zero attached hydrogens (tertiary/aromatic N) is 2. The molecule has 4 unspecified atom stereocenters. The molecule has 0 aromatic heterocycles. The Hall–Kier alpha value is -1.68. The molecule has 0 radical (unpaired) electrons. The van der Waals surface area contributed by atoms with Crippen LogP contribution in [0.25, 0.3) is 0 Å². The topological polar surface area (TPSA) is 81.7 Å². The van der Waals surface area contributed by atoms with E-state index in [1.807, 2.05) is 27.7 Å². The van der Waals surface area contributed by atoms with Gasteiger partial charge in [-0.05, 0) is 18.8 Å². The summed E-state index contributed by atoms with van der Waals surface area (Å²) < 4.78 is 0. The first-order valence-corrected chi connectivity index (χ1v) is 7.67. The number of rotatable bonds is 5. The Morgan fingerprint density at radius 1 is 1.00 bits per heavy atom. The summed E-state index contributed by atoms with van der Waals surface area (Å²) in [5.41, 5.74) is 0. The summed E-state index contributed by atoms with van der Waals surface area (Å²) in [7, 11) is 0. The van der Waals surface area contributed by atoms with Crippen LogP contribution < -0.4 is 0 Å². The van der Waals surface area contributed by atoms with E-state index in [0.29, 0.717) is 18.1 Å². The van der Waals surface area contributed by atoms with Crippen LogP contribution in [0, 0.1) is 58.2 Å². The van der Waals surface area contributed by atoms with E-state index in [1.165, 1.54) is 0 Å². The summed E-state index contributed by atoms with van der Waals surface area (Å²) in [6, 6.07) is 4.21. The molecular weight excluding hydrogens is 264 g/mol. The summed E-state index contributed by atoms with van der Waals surface area (Å²) in [5.74, 6) is 1.55. The van der Waals surface area contributed by atoms with Crippen molar-refractivity contribution in [2.75, 3.05) is 0 Å². The van der Waals surface area contributed by atoms with Crippen LogP contribution >= 0.6 is 0 Å². The molecule has 21 heavy (non-hydrogen) atoms. The molecule has 2 aliphatic rings. The van der Waals surface area contributed by atoms with Crippen LogP contribution in [0.3, 0.4) is 0 Å². The highest BCUT2D eigenvalue weighted by molar-refractivity contribution is 5.86. The fraction of sp³-hybridized carbons (Fsp3) is 0.765. The standard InChI is InChI=1S/C9H13NO.C8H11NO/c1-6(2)9(11)8-5-7(8)3-4-10;1-5(2)8(10)7-3-6(7)4-9/h6-8H,3,5H2,1-2H3;5-7H,3H2,1-2H3. The molecule has 4 nitrogen and oxygen atoms in total. The van der Waals surface area contributed by atoms with Gasteiger partial charge in [0.05, 0.1) is 18.1 Å². The van der Waals surface area contributed by atoms with Gasteiger partial charge in [-0.1, -0.05) is 27.7 Å². The van der Waals surface area contributed by atoms with Gasteiger partial charge in [-0.3, -0.25) is 9.59 Å². The molecule has 0 spiro atoms. The van der Waals surface area contributed by atoms with Crippen LogP contribution in [0.2, 0.25) is 0 Å². The maximum Gasteiger partial charge on any atom is 0.139 e. The van der Waals surface area contributed by atoms with Crippen molar-refractivity contribution in [2.45, 2.75) is 47.0 Å². The third-order valence-corrected chi connectivity index (χ3v) is 4.10. The van der Waals surface area contributed by atoms with Crippen molar-refractivity contribution in [3.63, 3.8) is 0 Å². The van der Waals surface area contributed by atoms with Crippen molar-refractivity contribution in [3.05, 3.63) is 0 Å². The highest BCUT2D eigenvalue weighted by Gasteiger charge is 2.43. The first-order valence-electron chi connectivity index (χ1n) is 7.67. The van der Waals surface area contributed by atoms with Gasteiger partial charge in [-0.25, -0.2) is 0 Å². The van der Waals surface area contributed by atoms with Crippen molar-refractivity contribution in [2.24, 2.45) is 35.5 Å². The molecule has 2 fully saturated rings. The molecule has 2 saturated carbocycles. The zero-order chi connectivity index (χ0) is 16.2. The smallest absolute Gasteiger partial charge is 0.139 e. The number of nitriles is 2. The van der Waals surface area contributed by atoms with Crippen LogP contribution in [0.5, 0.6) is 0 Å². The largest absolute Gasteiger partial charge is 0.299 e. The van der Waals surface area contributed by atoms with Crippen LogP contribution in [-0.2, 0) is 9.59 Å². The lowest BCUT2D eigenvalue weighted by atomic mass is 10.0. The number of carbonyl (C=O) groups is 2. The second kappa shape index (κ2) is 7.36. The van der Waals surface area contributed by atoms with Gasteiger partial charge >= 0.3 is 0 Å². The minimum absolute atomic E-state index is 0.0369. The average molecular weight is 288 g/mol. The fourth-order valence-corrected chi connectivity index (χ4v) is 2.45. The molecule has 0 bridgehead atoms. The lowest BCUT2D eigenvalue weighted by molar-refractivity contribution is -0.124. The van der Waals surface area contributed by atoms with Crippen molar-refractivity contribution < 1.29 is 9.59 Å². The second-order valence-corrected chi connectivity index (χ2v) is 6.66. The maximum atomic E-state index is 11.3. The first kappa shape index (κ1) is 17.4. The Balaban J connectivity index is 0.000000211. The highest BCUT2D eigenvalue weighted by Crippen LogP contribution is 2.43. The van der Waals surface area contributed by atoms with Crippen molar-refractivity contribution in [1.29, 1.82) is 10.5 Å². The molecule has 2 aliphatic carbocycles. The SMILES string of the molecule is CC(C)C(=O)C1CC1C#N.CC(C)C(=O)C1CC1CC#N. The summed E-state index contributed by atoms with van der Waals surface area (Å²) >= 11 is 0. The van der Waals surface area contributed by atoms with E-state index >= 15 is 0 Å². The molecule has 4 heteroatoms. The van der Waals surface area contributed by atoms with E-state index in [1.54, 1.807) is 0 Å². The lowest BCUT2D eigenvalue weighted by Gasteiger charge is -2.00. The van der Waals surface area contributed by atoms with Gasteiger partial charge in [-0.2, -0.15) is 10.5 Å². The van der Waals surface area contributed by atoms with Crippen LogP contribution in [0.4, 0.5) is 0 Å². The van der Waals surface area contributed by atoms with E-state index in [4.69, 9.17) is 10.5 Å². The number of ketones is 2. The second-order valence-electron chi connectivity index (χ2n) is 6.66. The molecular formula is C17H24N2O2. The van der Waals surface area contributed by atoms with Crippen molar-refractivity contribution in [3.8, 4) is 12.1 Å². The molecule has 114 valence electrons.